The molecule has 2 aromatic rings. The predicted octanol–water partition coefficient (Wildman–Crippen LogP) is 3.02. The smallest absolute Gasteiger partial charge is 0.227 e. The minimum atomic E-state index is -0.264. The molecule has 0 radical (unpaired) electrons. The molecule has 1 aromatic carbocycles. The summed E-state index contributed by atoms with van der Waals surface area (Å²) in [4.78, 5) is 15.8. The molecule has 6 heteroatoms. The molecule has 1 aromatic heterocycles. The number of benzene rings is 1. The average molecular weight is 280 g/mol. The van der Waals surface area contributed by atoms with E-state index in [0.29, 0.717) is 30.3 Å². The first-order valence-electron chi connectivity index (χ1n) is 5.83. The van der Waals surface area contributed by atoms with Crippen LogP contribution in [0.3, 0.4) is 0 Å². The lowest BCUT2D eigenvalue weighted by atomic mass is 10.2. The largest absolute Gasteiger partial charge is 0.339 e. The number of aromatic nitrogens is 2. The standard InChI is InChI=1S/C13H13FN2O2S/c1-9(17)5-6-13-15-12(16-18-13)8-19-11-4-2-3-10(14)7-11/h2-4,7H,5-6,8H2,1H3. The SMILES string of the molecule is CC(=O)CCc1nc(CSc2cccc(F)c2)no1. The van der Waals surface area contributed by atoms with E-state index in [4.69, 9.17) is 4.52 Å². The molecule has 0 fully saturated rings. The Morgan fingerprint density at radius 3 is 3.05 bits per heavy atom. The summed E-state index contributed by atoms with van der Waals surface area (Å²) < 4.78 is 18.0. The number of ketones is 1. The number of Topliss-reactive ketones (excluding diaryl/α,β-unsaturated/α-hetero) is 1. The first-order chi connectivity index (χ1) is 9.13. The monoisotopic (exact) mass is 280 g/mol. The molecule has 0 saturated carbocycles. The number of nitrogens with zero attached hydrogens (tertiary/aromatic N) is 2. The predicted molar refractivity (Wildman–Crippen MR) is 69.3 cm³/mol. The molecule has 0 saturated heterocycles. The van der Waals surface area contributed by atoms with E-state index in [1.807, 2.05) is 6.07 Å². The first-order valence-corrected chi connectivity index (χ1v) is 6.81. The van der Waals surface area contributed by atoms with Gasteiger partial charge in [-0.25, -0.2) is 4.39 Å². The van der Waals surface area contributed by atoms with Gasteiger partial charge in [-0.2, -0.15) is 4.98 Å². The Morgan fingerprint density at radius 2 is 2.32 bits per heavy atom. The molecular formula is C13H13FN2O2S. The summed E-state index contributed by atoms with van der Waals surface area (Å²) in [6.07, 6.45) is 0.867. The molecule has 2 rings (SSSR count). The molecule has 0 amide bonds. The minimum absolute atomic E-state index is 0.0916. The molecule has 0 unspecified atom stereocenters. The van der Waals surface area contributed by atoms with Crippen molar-refractivity contribution in [3.63, 3.8) is 0 Å². The summed E-state index contributed by atoms with van der Waals surface area (Å²) in [6, 6.07) is 6.34. The van der Waals surface area contributed by atoms with Gasteiger partial charge in [0.2, 0.25) is 5.89 Å². The van der Waals surface area contributed by atoms with Crippen LogP contribution in [-0.4, -0.2) is 15.9 Å². The van der Waals surface area contributed by atoms with Crippen LogP contribution >= 0.6 is 11.8 Å². The number of thioether (sulfide) groups is 1. The zero-order valence-corrected chi connectivity index (χ0v) is 11.2. The molecule has 0 aliphatic rings. The second kappa shape index (κ2) is 6.47. The van der Waals surface area contributed by atoms with E-state index in [1.165, 1.54) is 30.8 Å². The summed E-state index contributed by atoms with van der Waals surface area (Å²) >= 11 is 1.43. The summed E-state index contributed by atoms with van der Waals surface area (Å²) in [5, 5.41) is 3.82. The Kier molecular flexibility index (Phi) is 4.68. The maximum absolute atomic E-state index is 13.0. The van der Waals surface area contributed by atoms with Crippen LogP contribution < -0.4 is 0 Å². The highest BCUT2D eigenvalue weighted by Crippen LogP contribution is 2.22. The number of aryl methyl sites for hydroxylation is 1. The molecule has 0 N–H and O–H groups in total. The Balaban J connectivity index is 1.88. The van der Waals surface area contributed by atoms with Gasteiger partial charge in [0, 0.05) is 17.7 Å². The van der Waals surface area contributed by atoms with Crippen LogP contribution in [0.15, 0.2) is 33.7 Å². The van der Waals surface area contributed by atoms with Gasteiger partial charge in [-0.05, 0) is 25.1 Å². The number of halogens is 1. The average Bonchev–Trinajstić information content (AvgIpc) is 2.82. The second-order valence-corrected chi connectivity index (χ2v) is 5.10. The third-order valence-electron chi connectivity index (χ3n) is 2.37. The lowest BCUT2D eigenvalue weighted by molar-refractivity contribution is -0.117. The van der Waals surface area contributed by atoms with E-state index in [2.05, 4.69) is 10.1 Å². The van der Waals surface area contributed by atoms with Crippen LogP contribution in [0.1, 0.15) is 25.1 Å². The van der Waals surface area contributed by atoms with Gasteiger partial charge in [-0.15, -0.1) is 11.8 Å². The molecule has 19 heavy (non-hydrogen) atoms. The quantitative estimate of drug-likeness (QED) is 0.761. The molecule has 1 heterocycles. The molecular weight excluding hydrogens is 267 g/mol. The third-order valence-corrected chi connectivity index (χ3v) is 3.35. The van der Waals surface area contributed by atoms with Crippen molar-refractivity contribution in [1.29, 1.82) is 0 Å². The molecule has 100 valence electrons. The Bertz CT molecular complexity index is 571. The zero-order chi connectivity index (χ0) is 13.7. The zero-order valence-electron chi connectivity index (χ0n) is 10.4. The summed E-state index contributed by atoms with van der Waals surface area (Å²) in [5.74, 6) is 1.35. The fourth-order valence-electron chi connectivity index (χ4n) is 1.44. The topological polar surface area (TPSA) is 56.0 Å². The van der Waals surface area contributed by atoms with Crippen LogP contribution in [0.2, 0.25) is 0 Å². The van der Waals surface area contributed by atoms with Crippen molar-refractivity contribution in [2.45, 2.75) is 30.4 Å². The van der Waals surface area contributed by atoms with E-state index in [9.17, 15) is 9.18 Å². The van der Waals surface area contributed by atoms with Gasteiger partial charge >= 0.3 is 0 Å². The van der Waals surface area contributed by atoms with Crippen molar-refractivity contribution in [2.24, 2.45) is 0 Å². The third kappa shape index (κ3) is 4.48. The number of hydrogen-bond donors (Lipinski definition) is 0. The van der Waals surface area contributed by atoms with Crippen molar-refractivity contribution in [1.82, 2.24) is 10.1 Å². The number of carbonyl (C=O) groups excluding carboxylic acids is 1. The summed E-state index contributed by atoms with van der Waals surface area (Å²) in [6.45, 7) is 1.52. The minimum Gasteiger partial charge on any atom is -0.339 e. The van der Waals surface area contributed by atoms with Crippen molar-refractivity contribution in [3.05, 3.63) is 41.8 Å². The Morgan fingerprint density at radius 1 is 1.47 bits per heavy atom. The summed E-state index contributed by atoms with van der Waals surface area (Å²) in [5.41, 5.74) is 0. The molecule has 0 bridgehead atoms. The van der Waals surface area contributed by atoms with Gasteiger partial charge in [-0.3, -0.25) is 0 Å². The van der Waals surface area contributed by atoms with Gasteiger partial charge in [0.25, 0.3) is 0 Å². The van der Waals surface area contributed by atoms with E-state index in [-0.39, 0.29) is 11.6 Å². The van der Waals surface area contributed by atoms with Gasteiger partial charge in [0.15, 0.2) is 5.82 Å². The normalized spacial score (nSPS) is 10.6. The highest BCUT2D eigenvalue weighted by Gasteiger charge is 2.08. The summed E-state index contributed by atoms with van der Waals surface area (Å²) in [7, 11) is 0. The maximum atomic E-state index is 13.0. The maximum Gasteiger partial charge on any atom is 0.227 e. The van der Waals surface area contributed by atoms with E-state index >= 15 is 0 Å². The van der Waals surface area contributed by atoms with Crippen LogP contribution in [0.4, 0.5) is 4.39 Å². The van der Waals surface area contributed by atoms with Crippen molar-refractivity contribution in [2.75, 3.05) is 0 Å². The number of rotatable bonds is 6. The van der Waals surface area contributed by atoms with Crippen molar-refractivity contribution >= 4 is 17.5 Å². The van der Waals surface area contributed by atoms with Crippen molar-refractivity contribution in [3.8, 4) is 0 Å². The second-order valence-electron chi connectivity index (χ2n) is 4.05. The molecule has 0 aliphatic heterocycles. The number of carbonyl (C=O) groups is 1. The van der Waals surface area contributed by atoms with Crippen molar-refractivity contribution < 1.29 is 13.7 Å². The van der Waals surface area contributed by atoms with E-state index in [1.54, 1.807) is 6.07 Å². The van der Waals surface area contributed by atoms with E-state index in [0.717, 1.165) is 4.90 Å². The highest BCUT2D eigenvalue weighted by molar-refractivity contribution is 7.98. The lowest BCUT2D eigenvalue weighted by Gasteiger charge is -1.97. The highest BCUT2D eigenvalue weighted by atomic mass is 32.2. The fourth-order valence-corrected chi connectivity index (χ4v) is 2.22. The van der Waals surface area contributed by atoms with Gasteiger partial charge < -0.3 is 9.32 Å². The molecule has 0 spiro atoms. The van der Waals surface area contributed by atoms with Crippen LogP contribution in [0.5, 0.6) is 0 Å². The van der Waals surface area contributed by atoms with Gasteiger partial charge in [0.1, 0.15) is 11.6 Å². The van der Waals surface area contributed by atoms with E-state index < -0.39 is 0 Å². The van der Waals surface area contributed by atoms with Crippen LogP contribution in [0, 0.1) is 5.82 Å². The Hall–Kier alpha value is -1.69. The first kappa shape index (κ1) is 13.7. The fraction of sp³-hybridized carbons (Fsp3) is 0.308. The van der Waals surface area contributed by atoms with Gasteiger partial charge in [-0.1, -0.05) is 11.2 Å². The molecule has 0 aliphatic carbocycles. The van der Waals surface area contributed by atoms with Crippen LogP contribution in [0.25, 0.3) is 0 Å². The van der Waals surface area contributed by atoms with Gasteiger partial charge in [0.05, 0.1) is 5.75 Å². The molecule has 0 atom stereocenters. The lowest BCUT2D eigenvalue weighted by Crippen LogP contribution is -1.94. The molecule has 4 nitrogen and oxygen atoms in total. The number of hydrogen-bond acceptors (Lipinski definition) is 5. The Labute approximate surface area is 114 Å². The van der Waals surface area contributed by atoms with Crippen LogP contribution in [-0.2, 0) is 17.0 Å².